The number of aromatic nitrogens is 2. The number of piperidine rings is 1. The minimum Gasteiger partial charge on any atom is -0.491 e. The number of hydrogen-bond acceptors (Lipinski definition) is 10. The van der Waals surface area contributed by atoms with E-state index in [1.807, 2.05) is 37.5 Å². The number of carbonyl (C=O) groups excluding carboxylic acids is 3. The molecule has 0 aliphatic carbocycles. The number of carbonyl (C=O) groups is 3. The standard InChI is InChI=1S/C37H36N6O5S/c1-22-17-23(24-4-11-33(38-2)40-20-24)3-7-28(22)36-41-30-9-5-26(19-32(30)49-36)39-13-14-47-15-16-48-27-6-8-29-25(18-27)21-43(37(29)46)31-10-12-34(44)42-35(31)45/h3-9,11,17-20,31,39H,10,12-16,21H2,1-2H3,(H,38,40)(H,42,44,45). The van der Waals surface area contributed by atoms with Crippen molar-refractivity contribution in [3.05, 3.63) is 89.6 Å². The minimum absolute atomic E-state index is 0.201. The molecule has 4 heterocycles. The van der Waals surface area contributed by atoms with E-state index in [0.717, 1.165) is 54.5 Å². The van der Waals surface area contributed by atoms with Crippen molar-refractivity contribution in [3.8, 4) is 27.4 Å². The second-order valence-corrected chi connectivity index (χ2v) is 13.1. The molecule has 1 saturated heterocycles. The van der Waals surface area contributed by atoms with E-state index in [-0.39, 0.29) is 18.2 Å². The molecule has 2 aromatic heterocycles. The van der Waals surface area contributed by atoms with E-state index in [2.05, 4.69) is 58.2 Å². The number of anilines is 2. The molecule has 11 nitrogen and oxygen atoms in total. The largest absolute Gasteiger partial charge is 0.491 e. The lowest BCUT2D eigenvalue weighted by molar-refractivity contribution is -0.136. The summed E-state index contributed by atoms with van der Waals surface area (Å²) in [4.78, 5) is 47.5. The Morgan fingerprint density at radius 3 is 2.61 bits per heavy atom. The Labute approximate surface area is 287 Å². The molecule has 1 unspecified atom stereocenters. The van der Waals surface area contributed by atoms with Gasteiger partial charge in [0.2, 0.25) is 11.8 Å². The van der Waals surface area contributed by atoms with Crippen LogP contribution in [0.2, 0.25) is 0 Å². The van der Waals surface area contributed by atoms with Gasteiger partial charge in [-0.05, 0) is 78.6 Å². The summed E-state index contributed by atoms with van der Waals surface area (Å²) in [6, 6.07) is 21.4. The van der Waals surface area contributed by atoms with Gasteiger partial charge in [0, 0.05) is 55.1 Å². The van der Waals surface area contributed by atoms with Gasteiger partial charge >= 0.3 is 0 Å². The van der Waals surface area contributed by atoms with Crippen molar-refractivity contribution in [2.75, 3.05) is 44.0 Å². The maximum atomic E-state index is 12.9. The highest BCUT2D eigenvalue weighted by Crippen LogP contribution is 2.35. The van der Waals surface area contributed by atoms with Crippen molar-refractivity contribution >= 4 is 50.8 Å². The fourth-order valence-electron chi connectivity index (χ4n) is 6.17. The molecule has 1 fully saturated rings. The van der Waals surface area contributed by atoms with Crippen molar-refractivity contribution in [1.29, 1.82) is 0 Å². The molecular formula is C37H36N6O5S. The fourth-order valence-corrected chi connectivity index (χ4v) is 7.27. The molecule has 250 valence electrons. The molecule has 0 bridgehead atoms. The first-order valence-corrected chi connectivity index (χ1v) is 17.1. The van der Waals surface area contributed by atoms with Gasteiger partial charge in [-0.1, -0.05) is 18.2 Å². The van der Waals surface area contributed by atoms with Crippen molar-refractivity contribution in [1.82, 2.24) is 20.2 Å². The van der Waals surface area contributed by atoms with E-state index in [1.54, 1.807) is 23.5 Å². The van der Waals surface area contributed by atoms with Crippen LogP contribution < -0.4 is 20.7 Å². The molecular weight excluding hydrogens is 641 g/mol. The number of nitrogens with zero attached hydrogens (tertiary/aromatic N) is 3. The third-order valence-corrected chi connectivity index (χ3v) is 9.82. The topological polar surface area (TPSA) is 135 Å². The molecule has 2 aliphatic rings. The number of aryl methyl sites for hydroxylation is 1. The third kappa shape index (κ3) is 6.96. The van der Waals surface area contributed by atoms with Gasteiger partial charge in [0.15, 0.2) is 0 Å². The first-order valence-electron chi connectivity index (χ1n) is 16.2. The Kier molecular flexibility index (Phi) is 9.23. The van der Waals surface area contributed by atoms with Crippen molar-refractivity contribution in [2.45, 2.75) is 32.4 Å². The van der Waals surface area contributed by atoms with Gasteiger partial charge in [-0.25, -0.2) is 9.97 Å². The second kappa shape index (κ2) is 14.0. The molecule has 5 aromatic rings. The maximum Gasteiger partial charge on any atom is 0.255 e. The van der Waals surface area contributed by atoms with Gasteiger partial charge in [-0.2, -0.15) is 0 Å². The zero-order valence-corrected chi connectivity index (χ0v) is 28.1. The summed E-state index contributed by atoms with van der Waals surface area (Å²) >= 11 is 1.68. The predicted molar refractivity (Wildman–Crippen MR) is 190 cm³/mol. The maximum absolute atomic E-state index is 12.9. The molecule has 0 spiro atoms. The number of ether oxygens (including phenoxy) is 2. The van der Waals surface area contributed by atoms with Crippen molar-refractivity contribution in [2.24, 2.45) is 0 Å². The summed E-state index contributed by atoms with van der Waals surface area (Å²) in [5.41, 5.74) is 7.82. The van der Waals surface area contributed by atoms with Crippen LogP contribution in [0.25, 0.3) is 31.9 Å². The van der Waals surface area contributed by atoms with E-state index < -0.39 is 11.9 Å². The second-order valence-electron chi connectivity index (χ2n) is 12.0. The van der Waals surface area contributed by atoms with Gasteiger partial charge in [0.05, 0.1) is 23.4 Å². The van der Waals surface area contributed by atoms with Gasteiger partial charge < -0.3 is 25.0 Å². The van der Waals surface area contributed by atoms with E-state index in [9.17, 15) is 14.4 Å². The molecule has 1 atom stereocenters. The van der Waals surface area contributed by atoms with Crippen LogP contribution in [0.5, 0.6) is 5.75 Å². The average Bonchev–Trinajstić information content (AvgIpc) is 3.67. The molecule has 2 aliphatic heterocycles. The SMILES string of the molecule is CNc1ccc(-c2ccc(-c3nc4ccc(NCCOCCOc5ccc6c(c5)CN(C5CCC(=O)NC5=O)C6=O)cc4s3)c(C)c2)cn1. The minimum atomic E-state index is -0.635. The lowest BCUT2D eigenvalue weighted by Gasteiger charge is -2.29. The normalized spacial score (nSPS) is 15.8. The summed E-state index contributed by atoms with van der Waals surface area (Å²) < 4.78 is 12.8. The Bertz CT molecular complexity index is 2050. The van der Waals surface area contributed by atoms with E-state index in [1.165, 1.54) is 4.90 Å². The fraction of sp³-hybridized carbons (Fsp3) is 0.270. The van der Waals surface area contributed by atoms with Crippen LogP contribution in [-0.4, -0.2) is 72.0 Å². The summed E-state index contributed by atoms with van der Waals surface area (Å²) in [5, 5.41) is 9.80. The van der Waals surface area contributed by atoms with Crippen LogP contribution in [0.1, 0.15) is 34.3 Å². The Morgan fingerprint density at radius 2 is 1.82 bits per heavy atom. The highest BCUT2D eigenvalue weighted by Gasteiger charge is 2.39. The van der Waals surface area contributed by atoms with Gasteiger partial charge in [0.1, 0.15) is 29.2 Å². The lowest BCUT2D eigenvalue weighted by Crippen LogP contribution is -2.52. The smallest absolute Gasteiger partial charge is 0.255 e. The van der Waals surface area contributed by atoms with E-state index in [0.29, 0.717) is 50.6 Å². The quantitative estimate of drug-likeness (QED) is 0.113. The van der Waals surface area contributed by atoms with Crippen LogP contribution in [0.15, 0.2) is 72.9 Å². The predicted octanol–water partition coefficient (Wildman–Crippen LogP) is 5.64. The summed E-state index contributed by atoms with van der Waals surface area (Å²) in [7, 11) is 1.86. The number of thiazole rings is 1. The zero-order valence-electron chi connectivity index (χ0n) is 27.2. The molecule has 49 heavy (non-hydrogen) atoms. The summed E-state index contributed by atoms with van der Waals surface area (Å²) in [6.45, 7) is 4.34. The summed E-state index contributed by atoms with van der Waals surface area (Å²) in [6.07, 6.45) is 2.45. The summed E-state index contributed by atoms with van der Waals surface area (Å²) in [5.74, 6) is 0.559. The lowest BCUT2D eigenvalue weighted by atomic mass is 10.0. The first-order chi connectivity index (χ1) is 23.9. The van der Waals surface area contributed by atoms with Crippen LogP contribution >= 0.6 is 11.3 Å². The average molecular weight is 677 g/mol. The molecule has 7 rings (SSSR count). The zero-order chi connectivity index (χ0) is 33.9. The van der Waals surface area contributed by atoms with Gasteiger partial charge in [-0.3, -0.25) is 19.7 Å². The van der Waals surface area contributed by atoms with Gasteiger partial charge in [0.25, 0.3) is 5.91 Å². The van der Waals surface area contributed by atoms with Crippen LogP contribution in [0.3, 0.4) is 0 Å². The highest BCUT2D eigenvalue weighted by molar-refractivity contribution is 7.21. The Morgan fingerprint density at radius 1 is 0.959 bits per heavy atom. The van der Waals surface area contributed by atoms with E-state index in [4.69, 9.17) is 14.5 Å². The van der Waals surface area contributed by atoms with Gasteiger partial charge in [-0.15, -0.1) is 11.3 Å². The number of hydrogen-bond donors (Lipinski definition) is 3. The molecule has 0 saturated carbocycles. The number of nitrogens with one attached hydrogen (secondary N) is 3. The van der Waals surface area contributed by atoms with Crippen molar-refractivity contribution in [3.63, 3.8) is 0 Å². The molecule has 3 N–H and O–H groups in total. The Hall–Kier alpha value is -5.33. The third-order valence-electron chi connectivity index (χ3n) is 8.77. The van der Waals surface area contributed by atoms with Crippen LogP contribution in [-0.2, 0) is 20.9 Å². The highest BCUT2D eigenvalue weighted by atomic mass is 32.1. The molecule has 0 radical (unpaired) electrons. The monoisotopic (exact) mass is 676 g/mol. The number of imide groups is 1. The number of fused-ring (bicyclic) bond motifs is 2. The molecule has 3 aromatic carbocycles. The molecule has 12 heteroatoms. The number of benzene rings is 3. The molecule has 3 amide bonds. The van der Waals surface area contributed by atoms with Crippen LogP contribution in [0, 0.1) is 6.92 Å². The van der Waals surface area contributed by atoms with E-state index >= 15 is 0 Å². The number of pyridine rings is 1. The van der Waals surface area contributed by atoms with Crippen molar-refractivity contribution < 1.29 is 23.9 Å². The first kappa shape index (κ1) is 32.2. The Balaban J connectivity index is 0.866. The number of amides is 3. The number of rotatable bonds is 12. The van der Waals surface area contributed by atoms with Crippen LogP contribution in [0.4, 0.5) is 11.5 Å².